The SMILES string of the molecule is CC1=C(C)C[S@](=O)N(c2ccccc2)C1. The van der Waals surface area contributed by atoms with Gasteiger partial charge in [-0.3, -0.25) is 4.31 Å². The normalized spacial score (nSPS) is 22.0. The average Bonchev–Trinajstić information content (AvgIpc) is 2.25. The van der Waals surface area contributed by atoms with Gasteiger partial charge in [0.05, 0.1) is 12.3 Å². The first-order valence-electron chi connectivity index (χ1n) is 5.05. The first kappa shape index (κ1) is 10.4. The van der Waals surface area contributed by atoms with E-state index < -0.39 is 11.0 Å². The lowest BCUT2D eigenvalue weighted by molar-refractivity contribution is 0.679. The minimum Gasteiger partial charge on any atom is -0.287 e. The monoisotopic (exact) mass is 221 g/mol. The van der Waals surface area contributed by atoms with Gasteiger partial charge in [0.15, 0.2) is 0 Å². The van der Waals surface area contributed by atoms with Gasteiger partial charge in [0, 0.05) is 5.69 Å². The van der Waals surface area contributed by atoms with Gasteiger partial charge in [-0.15, -0.1) is 0 Å². The van der Waals surface area contributed by atoms with Gasteiger partial charge in [-0.2, -0.15) is 0 Å². The molecule has 1 aromatic rings. The molecule has 0 aromatic heterocycles. The topological polar surface area (TPSA) is 20.3 Å². The Morgan fingerprint density at radius 3 is 2.47 bits per heavy atom. The molecule has 0 N–H and O–H groups in total. The summed E-state index contributed by atoms with van der Waals surface area (Å²) >= 11 is 0. The van der Waals surface area contributed by atoms with Crippen LogP contribution in [0.2, 0.25) is 0 Å². The van der Waals surface area contributed by atoms with Gasteiger partial charge in [-0.25, -0.2) is 4.21 Å². The molecular weight excluding hydrogens is 206 g/mol. The molecule has 0 aliphatic carbocycles. The molecule has 0 saturated carbocycles. The zero-order valence-electron chi connectivity index (χ0n) is 9.06. The zero-order valence-corrected chi connectivity index (χ0v) is 9.88. The Hall–Kier alpha value is -1.09. The van der Waals surface area contributed by atoms with Crippen molar-refractivity contribution in [1.82, 2.24) is 0 Å². The Morgan fingerprint density at radius 1 is 1.13 bits per heavy atom. The molecule has 0 spiro atoms. The molecule has 0 amide bonds. The van der Waals surface area contributed by atoms with Crippen molar-refractivity contribution in [1.29, 1.82) is 0 Å². The van der Waals surface area contributed by atoms with Crippen LogP contribution in [0.15, 0.2) is 41.5 Å². The molecule has 15 heavy (non-hydrogen) atoms. The van der Waals surface area contributed by atoms with Crippen LogP contribution in [0.25, 0.3) is 0 Å². The van der Waals surface area contributed by atoms with E-state index >= 15 is 0 Å². The third-order valence-corrected chi connectivity index (χ3v) is 4.25. The molecule has 0 bridgehead atoms. The molecule has 2 nitrogen and oxygen atoms in total. The highest BCUT2D eigenvalue weighted by atomic mass is 32.2. The Kier molecular flexibility index (Phi) is 2.91. The number of para-hydroxylation sites is 1. The maximum absolute atomic E-state index is 12.0. The lowest BCUT2D eigenvalue weighted by Gasteiger charge is -2.29. The molecule has 3 heteroatoms. The molecule has 1 aromatic carbocycles. The predicted molar refractivity (Wildman–Crippen MR) is 65.2 cm³/mol. The summed E-state index contributed by atoms with van der Waals surface area (Å²) in [6.45, 7) is 4.96. The molecule has 1 aliphatic rings. The smallest absolute Gasteiger partial charge is 0.124 e. The van der Waals surface area contributed by atoms with Gasteiger partial charge in [-0.1, -0.05) is 29.3 Å². The van der Waals surface area contributed by atoms with E-state index in [1.54, 1.807) is 0 Å². The van der Waals surface area contributed by atoms with Crippen LogP contribution in [0.3, 0.4) is 0 Å². The van der Waals surface area contributed by atoms with Crippen molar-refractivity contribution >= 4 is 16.7 Å². The first-order valence-corrected chi connectivity index (χ1v) is 6.32. The molecule has 2 rings (SSSR count). The second-order valence-corrected chi connectivity index (χ2v) is 5.27. The highest BCUT2D eigenvalue weighted by Gasteiger charge is 2.20. The van der Waals surface area contributed by atoms with Gasteiger partial charge in [0.2, 0.25) is 0 Å². The van der Waals surface area contributed by atoms with E-state index in [9.17, 15) is 4.21 Å². The van der Waals surface area contributed by atoms with Gasteiger partial charge in [-0.05, 0) is 26.0 Å². The Bertz CT molecular complexity index is 411. The third kappa shape index (κ3) is 2.12. The molecular formula is C12H15NOS. The van der Waals surface area contributed by atoms with Crippen LogP contribution in [0.1, 0.15) is 13.8 Å². The summed E-state index contributed by atoms with van der Waals surface area (Å²) in [5.74, 6) is 0.667. The van der Waals surface area contributed by atoms with Crippen LogP contribution >= 0.6 is 0 Å². The molecule has 1 atom stereocenters. The Labute approximate surface area is 93.2 Å². The lowest BCUT2D eigenvalue weighted by Crippen LogP contribution is -2.34. The maximum atomic E-state index is 12.0. The van der Waals surface area contributed by atoms with E-state index in [2.05, 4.69) is 13.8 Å². The minimum absolute atomic E-state index is 0.667. The summed E-state index contributed by atoms with van der Waals surface area (Å²) < 4.78 is 13.9. The van der Waals surface area contributed by atoms with Crippen molar-refractivity contribution in [2.24, 2.45) is 0 Å². The summed E-state index contributed by atoms with van der Waals surface area (Å²) in [7, 11) is -0.904. The van der Waals surface area contributed by atoms with Gasteiger partial charge in [0.25, 0.3) is 0 Å². The number of hydrogen-bond acceptors (Lipinski definition) is 1. The lowest BCUT2D eigenvalue weighted by atomic mass is 10.1. The van der Waals surface area contributed by atoms with Crippen molar-refractivity contribution < 1.29 is 4.21 Å². The quantitative estimate of drug-likeness (QED) is 0.667. The van der Waals surface area contributed by atoms with E-state index in [4.69, 9.17) is 0 Å². The van der Waals surface area contributed by atoms with Gasteiger partial charge in [0.1, 0.15) is 11.0 Å². The zero-order chi connectivity index (χ0) is 10.8. The fourth-order valence-corrected chi connectivity index (χ4v) is 3.08. The predicted octanol–water partition coefficient (Wildman–Crippen LogP) is 2.51. The summed E-state index contributed by atoms with van der Waals surface area (Å²) in [6.07, 6.45) is 0. The highest BCUT2D eigenvalue weighted by molar-refractivity contribution is 7.86. The van der Waals surface area contributed by atoms with E-state index in [1.807, 2.05) is 34.6 Å². The van der Waals surface area contributed by atoms with E-state index in [-0.39, 0.29) is 0 Å². The molecule has 1 aliphatic heterocycles. The van der Waals surface area contributed by atoms with Crippen LogP contribution in [0, 0.1) is 0 Å². The third-order valence-electron chi connectivity index (χ3n) is 2.74. The number of rotatable bonds is 1. The van der Waals surface area contributed by atoms with Crippen LogP contribution < -0.4 is 4.31 Å². The van der Waals surface area contributed by atoms with Crippen molar-refractivity contribution in [2.45, 2.75) is 13.8 Å². The van der Waals surface area contributed by atoms with Crippen molar-refractivity contribution in [3.05, 3.63) is 41.5 Å². The van der Waals surface area contributed by atoms with Crippen molar-refractivity contribution in [2.75, 3.05) is 16.6 Å². The Morgan fingerprint density at radius 2 is 1.80 bits per heavy atom. The van der Waals surface area contributed by atoms with Crippen LogP contribution in [-0.2, 0) is 11.0 Å². The number of anilines is 1. The fourth-order valence-electron chi connectivity index (χ4n) is 1.61. The van der Waals surface area contributed by atoms with Gasteiger partial charge < -0.3 is 0 Å². The standard InChI is InChI=1S/C12H15NOS/c1-10-8-13(15(14)9-11(10)2)12-6-4-3-5-7-12/h3-7H,8-9H2,1-2H3/t15-/m0/s1. The molecule has 80 valence electrons. The number of hydrogen-bond donors (Lipinski definition) is 0. The van der Waals surface area contributed by atoms with E-state index in [1.165, 1.54) is 11.1 Å². The average molecular weight is 221 g/mol. The minimum atomic E-state index is -0.904. The molecule has 0 radical (unpaired) electrons. The first-order chi connectivity index (χ1) is 7.18. The summed E-state index contributed by atoms with van der Waals surface area (Å²) in [5, 5.41) is 0. The number of nitrogens with zero attached hydrogens (tertiary/aromatic N) is 1. The summed E-state index contributed by atoms with van der Waals surface area (Å²) in [5.41, 5.74) is 3.64. The van der Waals surface area contributed by atoms with Crippen molar-refractivity contribution in [3.8, 4) is 0 Å². The molecule has 0 fully saturated rings. The number of benzene rings is 1. The largest absolute Gasteiger partial charge is 0.287 e. The van der Waals surface area contributed by atoms with Crippen LogP contribution in [0.4, 0.5) is 5.69 Å². The van der Waals surface area contributed by atoms with Crippen LogP contribution in [-0.4, -0.2) is 16.5 Å². The van der Waals surface area contributed by atoms with Gasteiger partial charge >= 0.3 is 0 Å². The Balaban J connectivity index is 2.29. The molecule has 1 heterocycles. The van der Waals surface area contributed by atoms with E-state index in [0.29, 0.717) is 5.75 Å². The second-order valence-electron chi connectivity index (χ2n) is 3.90. The maximum Gasteiger partial charge on any atom is 0.124 e. The molecule has 0 unspecified atom stereocenters. The van der Waals surface area contributed by atoms with Crippen molar-refractivity contribution in [3.63, 3.8) is 0 Å². The summed E-state index contributed by atoms with van der Waals surface area (Å²) in [6, 6.07) is 9.95. The second kappa shape index (κ2) is 4.19. The van der Waals surface area contributed by atoms with E-state index in [0.717, 1.165) is 12.2 Å². The summed E-state index contributed by atoms with van der Waals surface area (Å²) in [4.78, 5) is 0. The highest BCUT2D eigenvalue weighted by Crippen LogP contribution is 2.23. The van der Waals surface area contributed by atoms with Crippen LogP contribution in [0.5, 0.6) is 0 Å². The fraction of sp³-hybridized carbons (Fsp3) is 0.333. The molecule has 0 saturated heterocycles.